The van der Waals surface area contributed by atoms with Gasteiger partial charge in [-0.3, -0.25) is 4.79 Å². The van der Waals surface area contributed by atoms with E-state index in [1.54, 1.807) is 18.2 Å². The SMILES string of the molecule is O=C(COC(=O)C(Cc1ccccc1)NC(=O)OCc1ccccc1)Nc1ccc2c(c1)OCCO2. The van der Waals surface area contributed by atoms with Crippen LogP contribution in [0.25, 0.3) is 0 Å². The van der Waals surface area contributed by atoms with Crippen LogP contribution in [0.3, 0.4) is 0 Å². The first-order chi connectivity index (χ1) is 17.6. The molecule has 0 fully saturated rings. The minimum Gasteiger partial charge on any atom is -0.486 e. The minimum atomic E-state index is -1.04. The highest BCUT2D eigenvalue weighted by Crippen LogP contribution is 2.32. The summed E-state index contributed by atoms with van der Waals surface area (Å²) in [5, 5.41) is 5.20. The van der Waals surface area contributed by atoms with Crippen LogP contribution in [0.15, 0.2) is 78.9 Å². The van der Waals surface area contributed by atoms with Gasteiger partial charge in [-0.05, 0) is 23.3 Å². The molecule has 0 saturated heterocycles. The fourth-order valence-electron chi connectivity index (χ4n) is 3.51. The van der Waals surface area contributed by atoms with Crippen molar-refractivity contribution >= 4 is 23.7 Å². The second-order valence-electron chi connectivity index (χ2n) is 7.96. The molecule has 4 rings (SSSR count). The maximum atomic E-state index is 12.8. The molecule has 0 radical (unpaired) electrons. The van der Waals surface area contributed by atoms with Crippen molar-refractivity contribution in [3.63, 3.8) is 0 Å². The smallest absolute Gasteiger partial charge is 0.408 e. The van der Waals surface area contributed by atoms with Crippen LogP contribution >= 0.6 is 0 Å². The largest absolute Gasteiger partial charge is 0.486 e. The van der Waals surface area contributed by atoms with Crippen molar-refractivity contribution in [3.8, 4) is 11.5 Å². The quantitative estimate of drug-likeness (QED) is 0.442. The molecule has 2 N–H and O–H groups in total. The first kappa shape index (κ1) is 24.6. The molecule has 0 bridgehead atoms. The van der Waals surface area contributed by atoms with E-state index in [4.69, 9.17) is 18.9 Å². The van der Waals surface area contributed by atoms with E-state index in [0.717, 1.165) is 11.1 Å². The monoisotopic (exact) mass is 490 g/mol. The average Bonchev–Trinajstić information content (AvgIpc) is 2.91. The number of benzene rings is 3. The van der Waals surface area contributed by atoms with Crippen LogP contribution in [0.4, 0.5) is 10.5 Å². The second kappa shape index (κ2) is 12.3. The lowest BCUT2D eigenvalue weighted by atomic mass is 10.1. The van der Waals surface area contributed by atoms with Gasteiger partial charge in [0.15, 0.2) is 18.1 Å². The van der Waals surface area contributed by atoms with E-state index in [-0.39, 0.29) is 13.0 Å². The van der Waals surface area contributed by atoms with E-state index in [9.17, 15) is 14.4 Å². The molecule has 0 saturated carbocycles. The minimum absolute atomic E-state index is 0.0533. The van der Waals surface area contributed by atoms with Crippen molar-refractivity contribution in [1.82, 2.24) is 5.32 Å². The lowest BCUT2D eigenvalue weighted by Crippen LogP contribution is -2.44. The highest BCUT2D eigenvalue weighted by Gasteiger charge is 2.24. The Morgan fingerprint density at radius 3 is 2.19 bits per heavy atom. The van der Waals surface area contributed by atoms with Crippen LogP contribution in [0.1, 0.15) is 11.1 Å². The third-order valence-electron chi connectivity index (χ3n) is 5.24. The van der Waals surface area contributed by atoms with Gasteiger partial charge in [-0.2, -0.15) is 0 Å². The fraction of sp³-hybridized carbons (Fsp3) is 0.222. The summed E-state index contributed by atoms with van der Waals surface area (Å²) in [6, 6.07) is 22.3. The molecule has 2 amide bonds. The highest BCUT2D eigenvalue weighted by atomic mass is 16.6. The Labute approximate surface area is 208 Å². The van der Waals surface area contributed by atoms with Crippen molar-refractivity contribution in [2.24, 2.45) is 0 Å². The van der Waals surface area contributed by atoms with Gasteiger partial charge < -0.3 is 29.6 Å². The molecule has 0 spiro atoms. The molecule has 1 aliphatic heterocycles. The number of esters is 1. The Morgan fingerprint density at radius 2 is 1.47 bits per heavy atom. The van der Waals surface area contributed by atoms with E-state index in [2.05, 4.69) is 10.6 Å². The number of amides is 2. The number of carbonyl (C=O) groups is 3. The third kappa shape index (κ3) is 7.23. The molecular weight excluding hydrogens is 464 g/mol. The molecule has 1 atom stereocenters. The molecule has 9 heteroatoms. The molecule has 36 heavy (non-hydrogen) atoms. The Balaban J connectivity index is 1.32. The van der Waals surface area contributed by atoms with Crippen LogP contribution in [-0.2, 0) is 32.1 Å². The fourth-order valence-corrected chi connectivity index (χ4v) is 3.51. The second-order valence-corrected chi connectivity index (χ2v) is 7.96. The van der Waals surface area contributed by atoms with Crippen molar-refractivity contribution in [3.05, 3.63) is 90.0 Å². The molecule has 0 aromatic heterocycles. The number of ether oxygens (including phenoxy) is 4. The van der Waals surface area contributed by atoms with Gasteiger partial charge >= 0.3 is 12.1 Å². The summed E-state index contributed by atoms with van der Waals surface area (Å²) < 4.78 is 21.4. The predicted molar refractivity (Wildman–Crippen MR) is 131 cm³/mol. The zero-order chi connectivity index (χ0) is 25.2. The molecule has 1 aliphatic rings. The van der Waals surface area contributed by atoms with Gasteiger partial charge in [0.1, 0.15) is 25.9 Å². The van der Waals surface area contributed by atoms with E-state index >= 15 is 0 Å². The molecule has 9 nitrogen and oxygen atoms in total. The van der Waals surface area contributed by atoms with Gasteiger partial charge in [0.2, 0.25) is 0 Å². The normalized spacial score (nSPS) is 12.7. The zero-order valence-electron chi connectivity index (χ0n) is 19.5. The first-order valence-corrected chi connectivity index (χ1v) is 11.4. The number of hydrogen-bond acceptors (Lipinski definition) is 7. The van der Waals surface area contributed by atoms with Crippen molar-refractivity contribution in [2.75, 3.05) is 25.1 Å². The standard InChI is InChI=1S/C27H26N2O7/c30-25(28-21-11-12-23-24(16-21)34-14-13-33-23)18-35-26(31)22(15-19-7-3-1-4-8-19)29-27(32)36-17-20-9-5-2-6-10-20/h1-12,16,22H,13-15,17-18H2,(H,28,30)(H,29,32). The summed E-state index contributed by atoms with van der Waals surface area (Å²) in [6.45, 7) is 0.412. The van der Waals surface area contributed by atoms with E-state index in [1.807, 2.05) is 60.7 Å². The van der Waals surface area contributed by atoms with E-state index in [1.165, 1.54) is 0 Å². The van der Waals surface area contributed by atoms with Gasteiger partial charge in [0.25, 0.3) is 5.91 Å². The molecule has 3 aromatic carbocycles. The summed E-state index contributed by atoms with van der Waals surface area (Å²) in [4.78, 5) is 37.5. The highest BCUT2D eigenvalue weighted by molar-refractivity contribution is 5.93. The van der Waals surface area contributed by atoms with Crippen LogP contribution in [-0.4, -0.2) is 43.8 Å². The number of hydrogen-bond donors (Lipinski definition) is 2. The molecule has 186 valence electrons. The van der Waals surface area contributed by atoms with Crippen molar-refractivity contribution < 1.29 is 33.3 Å². The van der Waals surface area contributed by atoms with Gasteiger partial charge in [0.05, 0.1) is 0 Å². The number of fused-ring (bicyclic) bond motifs is 1. The first-order valence-electron chi connectivity index (χ1n) is 11.4. The maximum absolute atomic E-state index is 12.8. The number of anilines is 1. The van der Waals surface area contributed by atoms with Gasteiger partial charge in [-0.15, -0.1) is 0 Å². The van der Waals surface area contributed by atoms with Crippen LogP contribution in [0.5, 0.6) is 11.5 Å². The van der Waals surface area contributed by atoms with Crippen molar-refractivity contribution in [1.29, 1.82) is 0 Å². The number of nitrogens with one attached hydrogen (secondary N) is 2. The Morgan fingerprint density at radius 1 is 0.806 bits per heavy atom. The average molecular weight is 491 g/mol. The summed E-state index contributed by atoms with van der Waals surface area (Å²) in [6.07, 6.45) is -0.596. The van der Waals surface area contributed by atoms with Crippen LogP contribution in [0, 0.1) is 0 Å². The maximum Gasteiger partial charge on any atom is 0.408 e. The lowest BCUT2D eigenvalue weighted by molar-refractivity contribution is -0.149. The summed E-state index contributed by atoms with van der Waals surface area (Å²) in [5.41, 5.74) is 2.10. The van der Waals surface area contributed by atoms with Crippen LogP contribution < -0.4 is 20.1 Å². The van der Waals surface area contributed by atoms with E-state index < -0.39 is 30.6 Å². The lowest BCUT2D eigenvalue weighted by Gasteiger charge is -2.19. The van der Waals surface area contributed by atoms with Crippen LogP contribution in [0.2, 0.25) is 0 Å². The third-order valence-corrected chi connectivity index (χ3v) is 5.24. The summed E-state index contributed by atoms with van der Waals surface area (Å²) >= 11 is 0. The van der Waals surface area contributed by atoms with Gasteiger partial charge in [-0.25, -0.2) is 9.59 Å². The molecular formula is C27H26N2O7. The molecule has 3 aromatic rings. The topological polar surface area (TPSA) is 112 Å². The summed E-state index contributed by atoms with van der Waals surface area (Å²) in [5.74, 6) is -0.171. The molecule has 0 aliphatic carbocycles. The summed E-state index contributed by atoms with van der Waals surface area (Å²) in [7, 11) is 0. The molecule has 1 unspecified atom stereocenters. The van der Waals surface area contributed by atoms with Crippen molar-refractivity contribution in [2.45, 2.75) is 19.1 Å². The van der Waals surface area contributed by atoms with Gasteiger partial charge in [0, 0.05) is 18.2 Å². The van der Waals surface area contributed by atoms with E-state index in [0.29, 0.717) is 30.4 Å². The Bertz CT molecular complexity index is 1190. The predicted octanol–water partition coefficient (Wildman–Crippen LogP) is 3.48. The Hall–Kier alpha value is -4.53. The zero-order valence-corrected chi connectivity index (χ0v) is 19.5. The van der Waals surface area contributed by atoms with Gasteiger partial charge in [-0.1, -0.05) is 60.7 Å². The number of rotatable bonds is 9. The Kier molecular flexibility index (Phi) is 8.37. The molecule has 1 heterocycles. The number of alkyl carbamates (subject to hydrolysis) is 1. The number of carbonyl (C=O) groups excluding carboxylic acids is 3.